The largest absolute Gasteiger partial charge is 0.466 e. The zero-order valence-electron chi connectivity index (χ0n) is 54.1. The molecular weight excluding hydrogens is 983 g/mol. The number of aliphatic hydroxyl groups is 2. The summed E-state index contributed by atoms with van der Waals surface area (Å²) in [5, 5.41) is 23.4. The fourth-order valence-corrected chi connectivity index (χ4v) is 11.4. The van der Waals surface area contributed by atoms with Crippen LogP contribution in [0.25, 0.3) is 0 Å². The normalized spacial score (nSPS) is 12.7. The maximum Gasteiger partial charge on any atom is 0.305 e. The number of esters is 1. The van der Waals surface area contributed by atoms with Crippen LogP contribution >= 0.6 is 0 Å². The first kappa shape index (κ1) is 78.1. The maximum absolute atomic E-state index is 12.5. The predicted molar refractivity (Wildman–Crippen MR) is 352 cm³/mol. The van der Waals surface area contributed by atoms with Crippen LogP contribution in [0.3, 0.4) is 0 Å². The van der Waals surface area contributed by atoms with E-state index in [-0.39, 0.29) is 18.5 Å². The van der Waals surface area contributed by atoms with E-state index in [2.05, 4.69) is 55.6 Å². The van der Waals surface area contributed by atoms with E-state index in [4.69, 9.17) is 4.74 Å². The number of unbranched alkanes of at least 4 members (excludes halogenated alkanes) is 51. The summed E-state index contributed by atoms with van der Waals surface area (Å²) in [6.07, 6.45) is 89.1. The van der Waals surface area contributed by atoms with Gasteiger partial charge in [0.15, 0.2) is 0 Å². The van der Waals surface area contributed by atoms with Crippen LogP contribution in [-0.2, 0) is 14.3 Å². The van der Waals surface area contributed by atoms with Crippen LogP contribution < -0.4 is 5.32 Å². The van der Waals surface area contributed by atoms with Gasteiger partial charge in [0.1, 0.15) is 0 Å². The quantitative estimate of drug-likeness (QED) is 0.0320. The summed E-state index contributed by atoms with van der Waals surface area (Å²) in [5.74, 6) is -0.0241. The minimum absolute atomic E-state index is 0.0104. The molecule has 0 aliphatic rings. The molecule has 0 aromatic carbocycles. The summed E-state index contributed by atoms with van der Waals surface area (Å²) < 4.78 is 5.51. The van der Waals surface area contributed by atoms with Gasteiger partial charge in [-0.2, -0.15) is 0 Å². The van der Waals surface area contributed by atoms with Gasteiger partial charge in [0.25, 0.3) is 0 Å². The summed E-state index contributed by atoms with van der Waals surface area (Å²) in [6.45, 7) is 4.96. The molecule has 80 heavy (non-hydrogen) atoms. The lowest BCUT2D eigenvalue weighted by Crippen LogP contribution is -2.45. The van der Waals surface area contributed by atoms with Crippen LogP contribution in [0.1, 0.15) is 399 Å². The lowest BCUT2D eigenvalue weighted by molar-refractivity contribution is -0.143. The van der Waals surface area contributed by atoms with Gasteiger partial charge in [0.05, 0.1) is 25.4 Å². The van der Waals surface area contributed by atoms with Crippen molar-refractivity contribution >= 4 is 11.9 Å². The Bertz CT molecular complexity index is 1300. The maximum atomic E-state index is 12.5. The van der Waals surface area contributed by atoms with E-state index in [1.54, 1.807) is 0 Å². The molecule has 0 radical (unpaired) electrons. The first-order valence-corrected chi connectivity index (χ1v) is 36.2. The molecule has 472 valence electrons. The number of hydrogen-bond acceptors (Lipinski definition) is 5. The number of aliphatic hydroxyl groups excluding tert-OH is 2. The molecule has 6 heteroatoms. The highest BCUT2D eigenvalue weighted by Gasteiger charge is 2.20. The highest BCUT2D eigenvalue weighted by Crippen LogP contribution is 2.19. The molecule has 2 unspecified atom stereocenters. The van der Waals surface area contributed by atoms with E-state index in [0.29, 0.717) is 25.9 Å². The van der Waals surface area contributed by atoms with Crippen LogP contribution in [0.4, 0.5) is 0 Å². The molecule has 0 rings (SSSR count). The Hall–Kier alpha value is -1.92. The Balaban J connectivity index is 3.39. The minimum Gasteiger partial charge on any atom is -0.466 e. The van der Waals surface area contributed by atoms with Crippen molar-refractivity contribution in [2.75, 3.05) is 13.2 Å². The van der Waals surface area contributed by atoms with Gasteiger partial charge in [0, 0.05) is 12.8 Å². The average Bonchev–Trinajstić information content (AvgIpc) is 3.46. The highest BCUT2D eigenvalue weighted by molar-refractivity contribution is 5.76. The molecule has 0 spiro atoms. The highest BCUT2D eigenvalue weighted by atomic mass is 16.5. The van der Waals surface area contributed by atoms with E-state index in [1.165, 1.54) is 315 Å². The van der Waals surface area contributed by atoms with Crippen molar-refractivity contribution in [2.24, 2.45) is 0 Å². The van der Waals surface area contributed by atoms with Gasteiger partial charge < -0.3 is 20.3 Å². The second kappa shape index (κ2) is 69.6. The van der Waals surface area contributed by atoms with E-state index in [0.717, 1.165) is 51.4 Å². The van der Waals surface area contributed by atoms with Crippen molar-refractivity contribution < 1.29 is 24.5 Å². The van der Waals surface area contributed by atoms with Gasteiger partial charge in [-0.05, 0) is 83.5 Å². The van der Waals surface area contributed by atoms with Gasteiger partial charge >= 0.3 is 5.97 Å². The Morgan fingerprint density at radius 2 is 0.625 bits per heavy atom. The molecule has 0 aliphatic heterocycles. The number of carbonyl (C=O) groups excluding carboxylic acids is 2. The first-order chi connectivity index (χ1) is 39.5. The van der Waals surface area contributed by atoms with Crippen molar-refractivity contribution in [3.05, 3.63) is 36.5 Å². The summed E-state index contributed by atoms with van der Waals surface area (Å²) in [6, 6.07) is -0.545. The Morgan fingerprint density at radius 1 is 0.350 bits per heavy atom. The molecular formula is C74H141NO5. The van der Waals surface area contributed by atoms with Crippen LogP contribution in [0.5, 0.6) is 0 Å². The molecule has 6 nitrogen and oxygen atoms in total. The molecule has 0 fully saturated rings. The van der Waals surface area contributed by atoms with Crippen LogP contribution in [0, 0.1) is 0 Å². The van der Waals surface area contributed by atoms with Gasteiger partial charge in [-0.1, -0.05) is 339 Å². The van der Waals surface area contributed by atoms with Crippen molar-refractivity contribution in [3.63, 3.8) is 0 Å². The Morgan fingerprint density at radius 3 is 0.988 bits per heavy atom. The fraction of sp³-hybridized carbons (Fsp3) is 0.892. The minimum atomic E-state index is -0.667. The van der Waals surface area contributed by atoms with E-state index >= 15 is 0 Å². The van der Waals surface area contributed by atoms with Crippen molar-refractivity contribution in [1.29, 1.82) is 0 Å². The lowest BCUT2D eigenvalue weighted by atomic mass is 10.0. The second-order valence-electron chi connectivity index (χ2n) is 24.9. The van der Waals surface area contributed by atoms with Gasteiger partial charge in [-0.3, -0.25) is 9.59 Å². The van der Waals surface area contributed by atoms with E-state index in [9.17, 15) is 19.8 Å². The molecule has 0 aromatic rings. The van der Waals surface area contributed by atoms with Crippen molar-refractivity contribution in [3.8, 4) is 0 Å². The predicted octanol–water partition coefficient (Wildman–Crippen LogP) is 23.5. The van der Waals surface area contributed by atoms with E-state index in [1.807, 2.05) is 0 Å². The third kappa shape index (κ3) is 65.2. The summed E-state index contributed by atoms with van der Waals surface area (Å²) >= 11 is 0. The fourth-order valence-electron chi connectivity index (χ4n) is 11.4. The van der Waals surface area contributed by atoms with Crippen LogP contribution in [0.2, 0.25) is 0 Å². The molecule has 3 N–H and O–H groups in total. The molecule has 0 heterocycles. The zero-order valence-corrected chi connectivity index (χ0v) is 54.1. The van der Waals surface area contributed by atoms with Crippen LogP contribution in [0.15, 0.2) is 36.5 Å². The standard InChI is InChI=1S/C74H141NO5/c1-3-5-7-9-11-13-15-17-19-21-30-34-38-42-46-50-54-58-62-66-72(77)71(70-76)75-73(78)67-63-59-55-51-47-43-39-35-32-28-26-24-23-25-27-29-33-37-41-45-49-53-57-61-65-69-80-74(79)68-64-60-56-52-48-44-40-36-31-22-20-18-16-14-12-10-8-6-4-2/h12,14,18,20,24,26,71-72,76-77H,3-11,13,15-17,19,21-23,25,27-70H2,1-2H3,(H,75,78)/b14-12-,20-18-,26-24-. The number of rotatable bonds is 68. The first-order valence-electron chi connectivity index (χ1n) is 36.2. The molecule has 0 saturated heterocycles. The topological polar surface area (TPSA) is 95.9 Å². The van der Waals surface area contributed by atoms with Gasteiger partial charge in [-0.15, -0.1) is 0 Å². The number of ether oxygens (including phenoxy) is 1. The molecule has 0 aromatic heterocycles. The van der Waals surface area contributed by atoms with Gasteiger partial charge in [0.2, 0.25) is 5.91 Å². The average molecular weight is 1120 g/mol. The molecule has 2 atom stereocenters. The van der Waals surface area contributed by atoms with E-state index < -0.39 is 12.1 Å². The number of nitrogens with one attached hydrogen (secondary N) is 1. The summed E-state index contributed by atoms with van der Waals surface area (Å²) in [4.78, 5) is 24.7. The number of carbonyl (C=O) groups is 2. The zero-order chi connectivity index (χ0) is 57.8. The lowest BCUT2D eigenvalue weighted by Gasteiger charge is -2.22. The molecule has 0 bridgehead atoms. The number of allylic oxidation sites excluding steroid dienone is 6. The summed E-state index contributed by atoms with van der Waals surface area (Å²) in [7, 11) is 0. The SMILES string of the molecule is CCCCC/C=C\C/C=C\CCCCCCCCCCCC(=O)OCCCCCCCCCCCCCC/C=C\CCCCCCCCCCCC(=O)NC(CO)C(O)CCCCCCCCCCCCCCCCCCCCC. The monoisotopic (exact) mass is 1120 g/mol. The molecule has 1 amide bonds. The van der Waals surface area contributed by atoms with Crippen molar-refractivity contribution in [1.82, 2.24) is 5.32 Å². The second-order valence-corrected chi connectivity index (χ2v) is 24.9. The summed E-state index contributed by atoms with van der Waals surface area (Å²) in [5.41, 5.74) is 0. The van der Waals surface area contributed by atoms with Gasteiger partial charge in [-0.25, -0.2) is 0 Å². The Labute approximate surface area is 500 Å². The Kier molecular flexibility index (Phi) is 67.9. The number of hydrogen-bond donors (Lipinski definition) is 3. The number of amides is 1. The molecule has 0 aliphatic carbocycles. The third-order valence-corrected chi connectivity index (χ3v) is 16.9. The van der Waals surface area contributed by atoms with Crippen molar-refractivity contribution in [2.45, 2.75) is 411 Å². The third-order valence-electron chi connectivity index (χ3n) is 16.9. The smallest absolute Gasteiger partial charge is 0.305 e. The molecule has 0 saturated carbocycles. The van der Waals surface area contributed by atoms with Crippen LogP contribution in [-0.4, -0.2) is 47.4 Å².